The molecule has 1 amide bonds. The molecular formula is C21H17BrCl2N2O2. The molecule has 0 atom stereocenters. The molecule has 7 heteroatoms. The molecule has 0 unspecified atom stereocenters. The van der Waals surface area contributed by atoms with E-state index in [1.54, 1.807) is 54.7 Å². The summed E-state index contributed by atoms with van der Waals surface area (Å²) in [6, 6.07) is 14.3. The first-order chi connectivity index (χ1) is 13.5. The van der Waals surface area contributed by atoms with Crippen molar-refractivity contribution in [2.75, 3.05) is 7.11 Å². The molecule has 0 spiro atoms. The van der Waals surface area contributed by atoms with Crippen LogP contribution in [-0.4, -0.2) is 22.9 Å². The van der Waals surface area contributed by atoms with Gasteiger partial charge in [-0.15, -0.1) is 0 Å². The van der Waals surface area contributed by atoms with E-state index in [2.05, 4.69) is 20.9 Å². The maximum Gasteiger partial charge on any atom is 0.254 e. The van der Waals surface area contributed by atoms with Crippen LogP contribution in [0.5, 0.6) is 5.75 Å². The molecule has 0 radical (unpaired) electrons. The van der Waals surface area contributed by atoms with Crippen molar-refractivity contribution in [3.8, 4) is 5.75 Å². The van der Waals surface area contributed by atoms with Crippen LogP contribution < -0.4 is 4.74 Å². The Morgan fingerprint density at radius 2 is 1.96 bits per heavy atom. The molecule has 0 saturated carbocycles. The number of hydrogen-bond donors (Lipinski definition) is 0. The summed E-state index contributed by atoms with van der Waals surface area (Å²) in [5.74, 6) is 0.457. The van der Waals surface area contributed by atoms with Crippen LogP contribution in [0.25, 0.3) is 0 Å². The molecule has 0 N–H and O–H groups in total. The van der Waals surface area contributed by atoms with Crippen LogP contribution >= 0.6 is 39.1 Å². The molecule has 3 rings (SSSR count). The number of benzene rings is 2. The van der Waals surface area contributed by atoms with Gasteiger partial charge >= 0.3 is 0 Å². The first kappa shape index (κ1) is 20.6. The molecule has 0 saturated heterocycles. The zero-order chi connectivity index (χ0) is 20.1. The largest absolute Gasteiger partial charge is 0.497 e. The Kier molecular flexibility index (Phi) is 6.94. The van der Waals surface area contributed by atoms with Crippen molar-refractivity contribution in [3.05, 3.63) is 92.1 Å². The molecule has 3 aromatic rings. The number of methoxy groups -OCH3 is 1. The molecule has 0 aliphatic carbocycles. The number of rotatable bonds is 6. The molecule has 0 fully saturated rings. The van der Waals surface area contributed by atoms with Gasteiger partial charge in [-0.2, -0.15) is 0 Å². The maximum atomic E-state index is 13.3. The van der Waals surface area contributed by atoms with Crippen molar-refractivity contribution < 1.29 is 9.53 Å². The summed E-state index contributed by atoms with van der Waals surface area (Å²) in [7, 11) is 1.57. The van der Waals surface area contributed by atoms with E-state index in [9.17, 15) is 4.79 Å². The van der Waals surface area contributed by atoms with E-state index in [4.69, 9.17) is 27.9 Å². The number of hydrogen-bond acceptors (Lipinski definition) is 3. The Morgan fingerprint density at radius 1 is 1.14 bits per heavy atom. The lowest BCUT2D eigenvalue weighted by Gasteiger charge is -2.24. The molecular weight excluding hydrogens is 463 g/mol. The van der Waals surface area contributed by atoms with Crippen LogP contribution in [0.2, 0.25) is 10.0 Å². The van der Waals surface area contributed by atoms with Gasteiger partial charge in [0.15, 0.2) is 0 Å². The lowest BCUT2D eigenvalue weighted by atomic mass is 10.1. The van der Waals surface area contributed by atoms with Gasteiger partial charge in [0.1, 0.15) is 5.75 Å². The zero-order valence-corrected chi connectivity index (χ0v) is 18.1. The van der Waals surface area contributed by atoms with Crippen LogP contribution in [0.3, 0.4) is 0 Å². The van der Waals surface area contributed by atoms with E-state index in [0.29, 0.717) is 34.4 Å². The summed E-state index contributed by atoms with van der Waals surface area (Å²) in [4.78, 5) is 19.2. The number of carbonyl (C=O) groups is 1. The summed E-state index contributed by atoms with van der Waals surface area (Å²) in [6.45, 7) is 0.721. The standard InChI is InChI=1S/C21H17BrCl2N2O2/c1-28-19-8-16(7-17(22)9-19)21(27)26(12-14-3-2-6-25-11-14)13-15-4-5-18(23)10-20(15)24/h2-11H,12-13H2,1H3. The van der Waals surface area contributed by atoms with Crippen LogP contribution in [0.15, 0.2) is 65.4 Å². The van der Waals surface area contributed by atoms with Gasteiger partial charge in [0.2, 0.25) is 0 Å². The average Bonchev–Trinajstić information content (AvgIpc) is 2.69. The van der Waals surface area contributed by atoms with Crippen molar-refractivity contribution >= 4 is 45.0 Å². The van der Waals surface area contributed by atoms with Crippen LogP contribution in [-0.2, 0) is 13.1 Å². The first-order valence-electron chi connectivity index (χ1n) is 8.43. The second-order valence-electron chi connectivity index (χ2n) is 6.14. The highest BCUT2D eigenvalue weighted by atomic mass is 79.9. The Bertz CT molecular complexity index is 983. The molecule has 4 nitrogen and oxygen atoms in total. The van der Waals surface area contributed by atoms with E-state index >= 15 is 0 Å². The minimum atomic E-state index is -0.144. The smallest absolute Gasteiger partial charge is 0.254 e. The van der Waals surface area contributed by atoms with Gasteiger partial charge in [-0.25, -0.2) is 0 Å². The van der Waals surface area contributed by atoms with Gasteiger partial charge in [-0.05, 0) is 47.5 Å². The SMILES string of the molecule is COc1cc(Br)cc(C(=O)N(Cc2cccnc2)Cc2ccc(Cl)cc2Cl)c1. The number of amides is 1. The van der Waals surface area contributed by atoms with Crippen molar-refractivity contribution in [3.63, 3.8) is 0 Å². The number of aromatic nitrogens is 1. The van der Waals surface area contributed by atoms with Crippen molar-refractivity contribution in [2.45, 2.75) is 13.1 Å². The predicted molar refractivity (Wildman–Crippen MR) is 115 cm³/mol. The van der Waals surface area contributed by atoms with E-state index in [-0.39, 0.29) is 5.91 Å². The Hall–Kier alpha value is -2.08. The molecule has 0 bridgehead atoms. The number of carbonyl (C=O) groups excluding carboxylic acids is 1. The van der Waals surface area contributed by atoms with Crippen LogP contribution in [0.4, 0.5) is 0 Å². The number of halogens is 3. The maximum absolute atomic E-state index is 13.3. The fourth-order valence-electron chi connectivity index (χ4n) is 2.75. The molecule has 0 aliphatic heterocycles. The summed E-state index contributed by atoms with van der Waals surface area (Å²) in [5.41, 5.74) is 2.24. The third-order valence-corrected chi connectivity index (χ3v) is 5.16. The molecule has 144 valence electrons. The van der Waals surface area contributed by atoms with Crippen LogP contribution in [0, 0.1) is 0 Å². The minimum absolute atomic E-state index is 0.144. The molecule has 1 aromatic heterocycles. The number of ether oxygens (including phenoxy) is 1. The molecule has 2 aromatic carbocycles. The van der Waals surface area contributed by atoms with Crippen molar-refractivity contribution in [2.24, 2.45) is 0 Å². The Morgan fingerprint density at radius 3 is 2.64 bits per heavy atom. The van der Waals surface area contributed by atoms with Crippen molar-refractivity contribution in [1.29, 1.82) is 0 Å². The molecule has 1 heterocycles. The van der Waals surface area contributed by atoms with E-state index in [0.717, 1.165) is 15.6 Å². The second kappa shape index (κ2) is 9.41. The van der Waals surface area contributed by atoms with Gasteiger partial charge in [0.25, 0.3) is 5.91 Å². The predicted octanol–water partition coefficient (Wildman–Crippen LogP) is 6.00. The summed E-state index contributed by atoms with van der Waals surface area (Å²) in [6.07, 6.45) is 3.44. The Balaban J connectivity index is 1.95. The van der Waals surface area contributed by atoms with E-state index < -0.39 is 0 Å². The highest BCUT2D eigenvalue weighted by Gasteiger charge is 2.19. The van der Waals surface area contributed by atoms with Gasteiger partial charge in [0.05, 0.1) is 7.11 Å². The normalized spacial score (nSPS) is 10.6. The zero-order valence-electron chi connectivity index (χ0n) is 15.0. The monoisotopic (exact) mass is 478 g/mol. The first-order valence-corrected chi connectivity index (χ1v) is 9.98. The highest BCUT2D eigenvalue weighted by molar-refractivity contribution is 9.10. The topological polar surface area (TPSA) is 42.4 Å². The van der Waals surface area contributed by atoms with Crippen molar-refractivity contribution in [1.82, 2.24) is 9.88 Å². The average molecular weight is 480 g/mol. The van der Waals surface area contributed by atoms with E-state index in [1.807, 2.05) is 18.2 Å². The number of pyridine rings is 1. The third kappa shape index (κ3) is 5.25. The number of nitrogens with zero attached hydrogens (tertiary/aromatic N) is 2. The lowest BCUT2D eigenvalue weighted by Crippen LogP contribution is -2.30. The quantitative estimate of drug-likeness (QED) is 0.435. The fourth-order valence-corrected chi connectivity index (χ4v) is 3.69. The summed E-state index contributed by atoms with van der Waals surface area (Å²) >= 11 is 15.8. The molecule has 0 aliphatic rings. The second-order valence-corrected chi connectivity index (χ2v) is 7.90. The minimum Gasteiger partial charge on any atom is -0.497 e. The van der Waals surface area contributed by atoms with Gasteiger partial charge in [0, 0.05) is 45.6 Å². The summed E-state index contributed by atoms with van der Waals surface area (Å²) in [5, 5.41) is 1.07. The lowest BCUT2D eigenvalue weighted by molar-refractivity contribution is 0.0729. The Labute approximate surface area is 182 Å². The fraction of sp³-hybridized carbons (Fsp3) is 0.143. The highest BCUT2D eigenvalue weighted by Crippen LogP contribution is 2.26. The van der Waals surface area contributed by atoms with Gasteiger partial charge in [-0.3, -0.25) is 9.78 Å². The molecule has 28 heavy (non-hydrogen) atoms. The van der Waals surface area contributed by atoms with Crippen LogP contribution in [0.1, 0.15) is 21.5 Å². The van der Waals surface area contributed by atoms with Gasteiger partial charge < -0.3 is 9.64 Å². The third-order valence-electron chi connectivity index (χ3n) is 4.11. The van der Waals surface area contributed by atoms with E-state index in [1.165, 1.54) is 0 Å². The summed E-state index contributed by atoms with van der Waals surface area (Å²) < 4.78 is 6.05. The van der Waals surface area contributed by atoms with Gasteiger partial charge in [-0.1, -0.05) is 51.3 Å².